The summed E-state index contributed by atoms with van der Waals surface area (Å²) in [6.45, 7) is 4.46. The Hall–Kier alpha value is -2.10. The van der Waals surface area contributed by atoms with Crippen LogP contribution in [0, 0.1) is 0 Å². The number of piperazine rings is 1. The maximum absolute atomic E-state index is 12.3. The summed E-state index contributed by atoms with van der Waals surface area (Å²) in [5.41, 5.74) is 2.35. The molecule has 0 unspecified atom stereocenters. The van der Waals surface area contributed by atoms with Gasteiger partial charge in [0.05, 0.1) is 0 Å². The van der Waals surface area contributed by atoms with Crippen molar-refractivity contribution >= 4 is 23.6 Å². The highest BCUT2D eigenvalue weighted by molar-refractivity contribution is 6.30. The lowest BCUT2D eigenvalue weighted by atomic mass is 10.1. The second-order valence-corrected chi connectivity index (χ2v) is 6.72. The van der Waals surface area contributed by atoms with Gasteiger partial charge in [-0.05, 0) is 35.8 Å². The number of benzene rings is 2. The molecule has 3 rings (SSSR count). The van der Waals surface area contributed by atoms with Gasteiger partial charge in [-0.25, -0.2) is 0 Å². The van der Waals surface area contributed by atoms with Gasteiger partial charge in [0, 0.05) is 43.8 Å². The summed E-state index contributed by atoms with van der Waals surface area (Å²) in [6, 6.07) is 18.0. The van der Waals surface area contributed by atoms with Gasteiger partial charge in [-0.3, -0.25) is 9.69 Å². The second kappa shape index (κ2) is 8.84. The third-order valence-corrected chi connectivity index (χ3v) is 4.78. The van der Waals surface area contributed by atoms with Gasteiger partial charge in [0.2, 0.25) is 5.91 Å². The Labute approximate surface area is 154 Å². The van der Waals surface area contributed by atoms with Crippen molar-refractivity contribution in [3.05, 3.63) is 76.8 Å². The van der Waals surface area contributed by atoms with E-state index in [0.29, 0.717) is 0 Å². The fourth-order valence-corrected chi connectivity index (χ4v) is 3.09. The van der Waals surface area contributed by atoms with Crippen molar-refractivity contribution < 1.29 is 4.79 Å². The zero-order valence-electron chi connectivity index (χ0n) is 14.3. The predicted octanol–water partition coefficient (Wildman–Crippen LogP) is 3.74. The van der Waals surface area contributed by atoms with E-state index >= 15 is 0 Å². The summed E-state index contributed by atoms with van der Waals surface area (Å²) >= 11 is 5.92. The molecule has 4 heteroatoms. The van der Waals surface area contributed by atoms with E-state index in [1.165, 1.54) is 5.56 Å². The van der Waals surface area contributed by atoms with Crippen LogP contribution in [0.2, 0.25) is 5.02 Å². The van der Waals surface area contributed by atoms with Crippen LogP contribution in [0.15, 0.2) is 60.7 Å². The molecule has 3 nitrogen and oxygen atoms in total. The van der Waals surface area contributed by atoms with Crippen molar-refractivity contribution in [2.24, 2.45) is 0 Å². The molecule has 130 valence electrons. The first-order valence-corrected chi connectivity index (χ1v) is 9.07. The molecule has 2 aromatic rings. The first-order valence-electron chi connectivity index (χ1n) is 8.69. The number of rotatable bonds is 5. The minimum Gasteiger partial charge on any atom is -0.337 e. The molecule has 0 radical (unpaired) electrons. The van der Waals surface area contributed by atoms with E-state index in [0.717, 1.165) is 49.7 Å². The third-order valence-electron chi connectivity index (χ3n) is 4.53. The van der Waals surface area contributed by atoms with E-state index in [2.05, 4.69) is 17.0 Å². The Kier molecular flexibility index (Phi) is 6.26. The molecule has 2 aromatic carbocycles. The monoisotopic (exact) mass is 354 g/mol. The fraction of sp³-hybridized carbons (Fsp3) is 0.286. The number of halogens is 1. The molecule has 1 heterocycles. The molecule has 1 saturated heterocycles. The molecule has 0 spiro atoms. The molecule has 0 atom stereocenters. The highest BCUT2D eigenvalue weighted by atomic mass is 35.5. The van der Waals surface area contributed by atoms with Crippen LogP contribution in [0.3, 0.4) is 0 Å². The molecule has 1 amide bonds. The number of hydrogen-bond donors (Lipinski definition) is 0. The normalized spacial score (nSPS) is 15.6. The lowest BCUT2D eigenvalue weighted by Gasteiger charge is -2.34. The van der Waals surface area contributed by atoms with E-state index in [1.807, 2.05) is 53.4 Å². The largest absolute Gasteiger partial charge is 0.337 e. The Morgan fingerprint density at radius 1 is 0.960 bits per heavy atom. The Balaban J connectivity index is 1.42. The number of amides is 1. The summed E-state index contributed by atoms with van der Waals surface area (Å²) in [4.78, 5) is 16.6. The Bertz CT molecular complexity index is 704. The van der Waals surface area contributed by atoms with E-state index < -0.39 is 0 Å². The van der Waals surface area contributed by atoms with Gasteiger partial charge in [-0.2, -0.15) is 0 Å². The van der Waals surface area contributed by atoms with Crippen molar-refractivity contribution in [3.63, 3.8) is 0 Å². The van der Waals surface area contributed by atoms with Crippen molar-refractivity contribution in [1.29, 1.82) is 0 Å². The smallest absolute Gasteiger partial charge is 0.246 e. The van der Waals surface area contributed by atoms with Crippen LogP contribution in [0.5, 0.6) is 0 Å². The first-order chi connectivity index (χ1) is 12.2. The molecule has 1 aliphatic rings. The lowest BCUT2D eigenvalue weighted by molar-refractivity contribution is -0.127. The minimum absolute atomic E-state index is 0.0983. The number of hydrogen-bond acceptors (Lipinski definition) is 2. The molecule has 1 aliphatic heterocycles. The standard InChI is InChI=1S/C21H23ClN2O/c22-20-9-6-19(7-10-20)12-13-23-14-16-24(17-15-23)21(25)11-8-18-4-2-1-3-5-18/h1-11H,12-17H2/b11-8+. The van der Waals surface area contributed by atoms with Crippen LogP contribution < -0.4 is 0 Å². The van der Waals surface area contributed by atoms with Gasteiger partial charge >= 0.3 is 0 Å². The summed E-state index contributed by atoms with van der Waals surface area (Å²) in [5, 5.41) is 0.777. The van der Waals surface area contributed by atoms with Crippen molar-refractivity contribution in [2.45, 2.75) is 6.42 Å². The Morgan fingerprint density at radius 3 is 2.32 bits per heavy atom. The zero-order chi connectivity index (χ0) is 17.5. The topological polar surface area (TPSA) is 23.6 Å². The van der Waals surface area contributed by atoms with E-state index in [1.54, 1.807) is 6.08 Å². The van der Waals surface area contributed by atoms with Crippen LogP contribution in [0.1, 0.15) is 11.1 Å². The van der Waals surface area contributed by atoms with E-state index in [-0.39, 0.29) is 5.91 Å². The number of nitrogens with zero attached hydrogens (tertiary/aromatic N) is 2. The predicted molar refractivity (Wildman–Crippen MR) is 104 cm³/mol. The molecule has 0 aliphatic carbocycles. The van der Waals surface area contributed by atoms with Crippen LogP contribution >= 0.6 is 11.6 Å². The zero-order valence-corrected chi connectivity index (χ0v) is 15.0. The average molecular weight is 355 g/mol. The molecular weight excluding hydrogens is 332 g/mol. The van der Waals surface area contributed by atoms with Crippen molar-refractivity contribution in [2.75, 3.05) is 32.7 Å². The van der Waals surface area contributed by atoms with Gasteiger partial charge in [0.25, 0.3) is 0 Å². The van der Waals surface area contributed by atoms with Gasteiger partial charge in [-0.1, -0.05) is 54.1 Å². The van der Waals surface area contributed by atoms with Crippen molar-refractivity contribution in [1.82, 2.24) is 9.80 Å². The number of carbonyl (C=O) groups is 1. The van der Waals surface area contributed by atoms with Gasteiger partial charge < -0.3 is 4.90 Å². The number of carbonyl (C=O) groups excluding carboxylic acids is 1. The van der Waals surface area contributed by atoms with Gasteiger partial charge in [0.15, 0.2) is 0 Å². The molecule has 0 N–H and O–H groups in total. The average Bonchev–Trinajstić information content (AvgIpc) is 2.67. The van der Waals surface area contributed by atoms with Crippen LogP contribution in [-0.4, -0.2) is 48.4 Å². The van der Waals surface area contributed by atoms with E-state index in [4.69, 9.17) is 11.6 Å². The Morgan fingerprint density at radius 2 is 1.64 bits per heavy atom. The molecule has 1 fully saturated rings. The van der Waals surface area contributed by atoms with E-state index in [9.17, 15) is 4.79 Å². The highest BCUT2D eigenvalue weighted by Gasteiger charge is 2.19. The molecule has 0 saturated carbocycles. The second-order valence-electron chi connectivity index (χ2n) is 6.29. The van der Waals surface area contributed by atoms with Gasteiger partial charge in [0.1, 0.15) is 0 Å². The summed E-state index contributed by atoms with van der Waals surface area (Å²) in [7, 11) is 0. The van der Waals surface area contributed by atoms with Crippen LogP contribution in [-0.2, 0) is 11.2 Å². The molecule has 0 aromatic heterocycles. The minimum atomic E-state index is 0.0983. The lowest BCUT2D eigenvalue weighted by Crippen LogP contribution is -2.48. The first kappa shape index (κ1) is 17.7. The fourth-order valence-electron chi connectivity index (χ4n) is 2.97. The van der Waals surface area contributed by atoms with Gasteiger partial charge in [-0.15, -0.1) is 0 Å². The summed E-state index contributed by atoms with van der Waals surface area (Å²) in [5.74, 6) is 0.0983. The highest BCUT2D eigenvalue weighted by Crippen LogP contribution is 2.11. The summed E-state index contributed by atoms with van der Waals surface area (Å²) in [6.07, 6.45) is 4.58. The quantitative estimate of drug-likeness (QED) is 0.764. The molecular formula is C21H23ClN2O. The van der Waals surface area contributed by atoms with Crippen LogP contribution in [0.25, 0.3) is 6.08 Å². The SMILES string of the molecule is O=C(/C=C/c1ccccc1)N1CCN(CCc2ccc(Cl)cc2)CC1. The van der Waals surface area contributed by atoms with Crippen molar-refractivity contribution in [3.8, 4) is 0 Å². The molecule has 0 bridgehead atoms. The molecule has 25 heavy (non-hydrogen) atoms. The maximum atomic E-state index is 12.3. The third kappa shape index (κ3) is 5.45. The summed E-state index contributed by atoms with van der Waals surface area (Å²) < 4.78 is 0. The van der Waals surface area contributed by atoms with Crippen LogP contribution in [0.4, 0.5) is 0 Å². The maximum Gasteiger partial charge on any atom is 0.246 e.